The SMILES string of the molecule is Fc1ccccc1/C=C\c1ccnc(-c2ccccn2)c1. The molecule has 0 spiro atoms. The molecule has 0 aliphatic rings. The van der Waals surface area contributed by atoms with Gasteiger partial charge in [-0.1, -0.05) is 36.4 Å². The molecule has 3 aromatic rings. The van der Waals surface area contributed by atoms with Gasteiger partial charge in [0.05, 0.1) is 11.4 Å². The molecule has 0 atom stereocenters. The fourth-order valence-electron chi connectivity index (χ4n) is 2.00. The van der Waals surface area contributed by atoms with Crippen LogP contribution in [0.15, 0.2) is 67.0 Å². The van der Waals surface area contributed by atoms with Crippen molar-refractivity contribution in [2.45, 2.75) is 0 Å². The van der Waals surface area contributed by atoms with E-state index in [0.717, 1.165) is 17.0 Å². The van der Waals surface area contributed by atoms with E-state index in [1.165, 1.54) is 6.07 Å². The molecule has 0 radical (unpaired) electrons. The van der Waals surface area contributed by atoms with E-state index in [0.29, 0.717) is 5.56 Å². The predicted octanol–water partition coefficient (Wildman–Crippen LogP) is 4.45. The Kier molecular flexibility index (Phi) is 3.83. The summed E-state index contributed by atoms with van der Waals surface area (Å²) < 4.78 is 13.6. The monoisotopic (exact) mass is 276 g/mol. The third kappa shape index (κ3) is 3.20. The molecule has 0 fully saturated rings. The van der Waals surface area contributed by atoms with Crippen molar-refractivity contribution in [3.8, 4) is 11.4 Å². The second kappa shape index (κ2) is 6.09. The van der Waals surface area contributed by atoms with Crippen LogP contribution in [-0.2, 0) is 0 Å². The van der Waals surface area contributed by atoms with Gasteiger partial charge in [0, 0.05) is 18.0 Å². The molecule has 21 heavy (non-hydrogen) atoms. The summed E-state index contributed by atoms with van der Waals surface area (Å²) in [4.78, 5) is 8.59. The maximum atomic E-state index is 13.6. The topological polar surface area (TPSA) is 25.8 Å². The fourth-order valence-corrected chi connectivity index (χ4v) is 2.00. The molecule has 0 saturated carbocycles. The lowest BCUT2D eigenvalue weighted by atomic mass is 10.1. The zero-order valence-corrected chi connectivity index (χ0v) is 11.3. The van der Waals surface area contributed by atoms with E-state index in [-0.39, 0.29) is 5.82 Å². The molecule has 0 amide bonds. The minimum atomic E-state index is -0.229. The summed E-state index contributed by atoms with van der Waals surface area (Å²) in [6.45, 7) is 0. The van der Waals surface area contributed by atoms with Crippen molar-refractivity contribution in [2.24, 2.45) is 0 Å². The molecule has 0 aliphatic carbocycles. The van der Waals surface area contributed by atoms with Crippen molar-refractivity contribution in [2.75, 3.05) is 0 Å². The smallest absolute Gasteiger partial charge is 0.130 e. The number of hydrogen-bond donors (Lipinski definition) is 0. The predicted molar refractivity (Wildman–Crippen MR) is 82.8 cm³/mol. The third-order valence-corrected chi connectivity index (χ3v) is 3.07. The van der Waals surface area contributed by atoms with Crippen molar-refractivity contribution in [1.29, 1.82) is 0 Å². The molecule has 3 heteroatoms. The second-order valence-corrected chi connectivity index (χ2v) is 4.54. The summed E-state index contributed by atoms with van der Waals surface area (Å²) in [6, 6.07) is 16.2. The molecule has 2 aromatic heterocycles. The van der Waals surface area contributed by atoms with Crippen LogP contribution in [0.1, 0.15) is 11.1 Å². The highest BCUT2D eigenvalue weighted by Gasteiger charge is 2.00. The minimum absolute atomic E-state index is 0.229. The number of aromatic nitrogens is 2. The van der Waals surface area contributed by atoms with Crippen LogP contribution in [-0.4, -0.2) is 9.97 Å². The van der Waals surface area contributed by atoms with Crippen LogP contribution in [0.3, 0.4) is 0 Å². The summed E-state index contributed by atoms with van der Waals surface area (Å²) >= 11 is 0. The maximum Gasteiger partial charge on any atom is 0.130 e. The van der Waals surface area contributed by atoms with E-state index in [1.807, 2.05) is 42.5 Å². The highest BCUT2D eigenvalue weighted by atomic mass is 19.1. The van der Waals surface area contributed by atoms with Gasteiger partial charge in [0.1, 0.15) is 5.82 Å². The largest absolute Gasteiger partial charge is 0.255 e. The zero-order valence-electron chi connectivity index (χ0n) is 11.3. The van der Waals surface area contributed by atoms with E-state index in [2.05, 4.69) is 9.97 Å². The first-order valence-corrected chi connectivity index (χ1v) is 6.63. The quantitative estimate of drug-likeness (QED) is 0.706. The molecular formula is C18H13FN2. The third-order valence-electron chi connectivity index (χ3n) is 3.07. The summed E-state index contributed by atoms with van der Waals surface area (Å²) in [5.41, 5.74) is 3.13. The van der Waals surface area contributed by atoms with E-state index in [4.69, 9.17) is 0 Å². The number of rotatable bonds is 3. The molecule has 3 rings (SSSR count). The Balaban J connectivity index is 1.89. The Morgan fingerprint density at radius 3 is 2.38 bits per heavy atom. The number of pyridine rings is 2. The lowest BCUT2D eigenvalue weighted by Crippen LogP contribution is -1.87. The summed E-state index contributed by atoms with van der Waals surface area (Å²) in [5.74, 6) is -0.229. The van der Waals surface area contributed by atoms with Gasteiger partial charge in [-0.2, -0.15) is 0 Å². The van der Waals surface area contributed by atoms with E-state index in [9.17, 15) is 4.39 Å². The van der Waals surface area contributed by atoms with Crippen LogP contribution in [0.5, 0.6) is 0 Å². The first kappa shape index (κ1) is 13.2. The molecular weight excluding hydrogens is 263 g/mol. The summed E-state index contributed by atoms with van der Waals surface area (Å²) in [6.07, 6.45) is 7.09. The molecule has 1 aromatic carbocycles. The van der Waals surface area contributed by atoms with E-state index < -0.39 is 0 Å². The summed E-state index contributed by atoms with van der Waals surface area (Å²) in [5, 5.41) is 0. The number of halogens is 1. The Bertz CT molecular complexity index is 767. The first-order valence-electron chi connectivity index (χ1n) is 6.63. The van der Waals surface area contributed by atoms with Gasteiger partial charge in [-0.05, 0) is 35.9 Å². The lowest BCUT2D eigenvalue weighted by Gasteiger charge is -2.01. The minimum Gasteiger partial charge on any atom is -0.255 e. The van der Waals surface area contributed by atoms with Crippen LogP contribution in [0.25, 0.3) is 23.5 Å². The highest BCUT2D eigenvalue weighted by molar-refractivity contribution is 5.71. The average Bonchev–Trinajstić information content (AvgIpc) is 2.55. The molecule has 0 bridgehead atoms. The molecule has 2 nitrogen and oxygen atoms in total. The van der Waals surface area contributed by atoms with Gasteiger partial charge in [-0.3, -0.25) is 9.97 Å². The number of benzene rings is 1. The number of nitrogens with zero attached hydrogens (tertiary/aromatic N) is 2. The second-order valence-electron chi connectivity index (χ2n) is 4.54. The Labute approximate surface area is 122 Å². The van der Waals surface area contributed by atoms with Crippen LogP contribution < -0.4 is 0 Å². The van der Waals surface area contributed by atoms with Gasteiger partial charge < -0.3 is 0 Å². The first-order chi connectivity index (χ1) is 10.3. The van der Waals surface area contributed by atoms with Crippen molar-refractivity contribution >= 4 is 12.2 Å². The van der Waals surface area contributed by atoms with Gasteiger partial charge >= 0.3 is 0 Å². The van der Waals surface area contributed by atoms with Crippen molar-refractivity contribution < 1.29 is 4.39 Å². The molecule has 0 unspecified atom stereocenters. The molecule has 102 valence electrons. The van der Waals surface area contributed by atoms with Gasteiger partial charge in [0.25, 0.3) is 0 Å². The van der Waals surface area contributed by atoms with Crippen LogP contribution >= 0.6 is 0 Å². The van der Waals surface area contributed by atoms with Crippen molar-refractivity contribution in [3.05, 3.63) is 83.9 Å². The Hall–Kier alpha value is -2.81. The van der Waals surface area contributed by atoms with Gasteiger partial charge in [-0.25, -0.2) is 4.39 Å². The van der Waals surface area contributed by atoms with E-state index in [1.54, 1.807) is 30.6 Å². The van der Waals surface area contributed by atoms with Gasteiger partial charge in [0.15, 0.2) is 0 Å². The van der Waals surface area contributed by atoms with Crippen LogP contribution in [0.4, 0.5) is 4.39 Å². The Morgan fingerprint density at radius 1 is 0.762 bits per heavy atom. The highest BCUT2D eigenvalue weighted by Crippen LogP contribution is 2.17. The zero-order chi connectivity index (χ0) is 14.5. The molecule has 0 aliphatic heterocycles. The van der Waals surface area contributed by atoms with Crippen molar-refractivity contribution in [3.63, 3.8) is 0 Å². The standard InChI is InChI=1S/C18H13FN2/c19-16-6-2-1-5-15(16)9-8-14-10-12-21-18(13-14)17-7-3-4-11-20-17/h1-13H/b9-8-. The molecule has 0 saturated heterocycles. The van der Waals surface area contributed by atoms with Crippen molar-refractivity contribution in [1.82, 2.24) is 9.97 Å². The lowest BCUT2D eigenvalue weighted by molar-refractivity contribution is 0.625. The van der Waals surface area contributed by atoms with Gasteiger partial charge in [0.2, 0.25) is 0 Å². The molecule has 0 N–H and O–H groups in total. The summed E-state index contributed by atoms with van der Waals surface area (Å²) in [7, 11) is 0. The van der Waals surface area contributed by atoms with E-state index >= 15 is 0 Å². The fraction of sp³-hybridized carbons (Fsp3) is 0. The average molecular weight is 276 g/mol. The Morgan fingerprint density at radius 2 is 1.57 bits per heavy atom. The molecule has 2 heterocycles. The van der Waals surface area contributed by atoms with Crippen LogP contribution in [0.2, 0.25) is 0 Å². The van der Waals surface area contributed by atoms with Crippen LogP contribution in [0, 0.1) is 5.82 Å². The maximum absolute atomic E-state index is 13.6. The number of hydrogen-bond acceptors (Lipinski definition) is 2. The normalized spacial score (nSPS) is 10.9. The van der Waals surface area contributed by atoms with Gasteiger partial charge in [-0.15, -0.1) is 0 Å².